The highest BCUT2D eigenvalue weighted by Gasteiger charge is 2.11. The van der Waals surface area contributed by atoms with Gasteiger partial charge in [-0.2, -0.15) is 0 Å². The highest BCUT2D eigenvalue weighted by atomic mass is 16.5. The van der Waals surface area contributed by atoms with Crippen LogP contribution in [-0.4, -0.2) is 35.7 Å². The van der Waals surface area contributed by atoms with Crippen LogP contribution in [0.25, 0.3) is 11.0 Å². The average molecular weight is 486 g/mol. The number of amides is 1. The summed E-state index contributed by atoms with van der Waals surface area (Å²) in [6.07, 6.45) is 5.25. The van der Waals surface area contributed by atoms with E-state index in [1.165, 1.54) is 5.56 Å². The fourth-order valence-corrected chi connectivity index (χ4v) is 4.32. The molecule has 0 unspecified atom stereocenters. The molecule has 1 N–H and O–H groups in total. The molecule has 6 heteroatoms. The summed E-state index contributed by atoms with van der Waals surface area (Å²) < 4.78 is 13.5. The van der Waals surface area contributed by atoms with Crippen molar-refractivity contribution in [1.82, 2.24) is 14.9 Å². The monoisotopic (exact) mass is 485 g/mol. The summed E-state index contributed by atoms with van der Waals surface area (Å²) in [4.78, 5) is 17.0. The summed E-state index contributed by atoms with van der Waals surface area (Å²) in [6, 6.07) is 26.1. The molecule has 0 bridgehead atoms. The Bertz CT molecular complexity index is 1240. The Labute approximate surface area is 213 Å². The maximum atomic E-state index is 12.1. The summed E-state index contributed by atoms with van der Waals surface area (Å²) in [7, 11) is 1.66. The van der Waals surface area contributed by atoms with Crippen molar-refractivity contribution in [3.63, 3.8) is 0 Å². The number of rotatable bonds is 14. The highest BCUT2D eigenvalue weighted by molar-refractivity contribution is 5.76. The van der Waals surface area contributed by atoms with Crippen LogP contribution in [-0.2, 0) is 24.2 Å². The van der Waals surface area contributed by atoms with Gasteiger partial charge in [0.2, 0.25) is 5.91 Å². The van der Waals surface area contributed by atoms with E-state index in [-0.39, 0.29) is 5.91 Å². The van der Waals surface area contributed by atoms with E-state index >= 15 is 0 Å². The largest absolute Gasteiger partial charge is 0.497 e. The number of carbonyl (C=O) groups excluding carboxylic acids is 1. The number of aryl methyl sites for hydroxylation is 2. The summed E-state index contributed by atoms with van der Waals surface area (Å²) in [5.74, 6) is 2.79. The number of carbonyl (C=O) groups is 1. The third-order valence-corrected chi connectivity index (χ3v) is 6.24. The van der Waals surface area contributed by atoms with E-state index < -0.39 is 0 Å². The molecule has 0 aliphatic heterocycles. The maximum absolute atomic E-state index is 12.1. The standard InChI is InChI=1S/C30H35N3O3/c1-35-25-13-10-14-26(23-25)36-22-21-33-28-16-8-7-15-27(28)32-29(33)17-6-3-9-20-31-30(34)19-18-24-11-4-2-5-12-24/h2,4-5,7-8,10-16,23H,3,6,9,17-22H2,1H3,(H,31,34). The zero-order valence-electron chi connectivity index (χ0n) is 21.0. The Kier molecular flexibility index (Phi) is 9.37. The first-order valence-electron chi connectivity index (χ1n) is 12.7. The molecule has 36 heavy (non-hydrogen) atoms. The Hall–Kier alpha value is -3.80. The molecule has 0 saturated carbocycles. The minimum Gasteiger partial charge on any atom is -0.497 e. The molecule has 0 radical (unpaired) electrons. The molecule has 0 spiro atoms. The van der Waals surface area contributed by atoms with E-state index in [1.54, 1.807) is 7.11 Å². The molecule has 0 aliphatic rings. The summed E-state index contributed by atoms with van der Waals surface area (Å²) in [5, 5.41) is 3.05. The molecule has 0 fully saturated rings. The molecule has 0 atom stereocenters. The number of imidazole rings is 1. The van der Waals surface area contributed by atoms with E-state index in [2.05, 4.69) is 34.1 Å². The number of nitrogens with one attached hydrogen (secondary N) is 1. The van der Waals surface area contributed by atoms with Crippen molar-refractivity contribution in [2.45, 2.75) is 45.1 Å². The van der Waals surface area contributed by atoms with Crippen LogP contribution in [0.1, 0.15) is 37.1 Å². The average Bonchev–Trinajstić information content (AvgIpc) is 3.27. The van der Waals surface area contributed by atoms with Crippen LogP contribution in [0.2, 0.25) is 0 Å². The van der Waals surface area contributed by atoms with Crippen molar-refractivity contribution in [3.8, 4) is 11.5 Å². The number of para-hydroxylation sites is 2. The minimum absolute atomic E-state index is 0.122. The van der Waals surface area contributed by atoms with Crippen LogP contribution < -0.4 is 14.8 Å². The first-order chi connectivity index (χ1) is 17.7. The van der Waals surface area contributed by atoms with Gasteiger partial charge in [0.25, 0.3) is 0 Å². The fourth-order valence-electron chi connectivity index (χ4n) is 4.32. The molecular formula is C30H35N3O3. The molecule has 4 rings (SSSR count). The van der Waals surface area contributed by atoms with Gasteiger partial charge >= 0.3 is 0 Å². The predicted octanol–water partition coefficient (Wildman–Crippen LogP) is 5.59. The highest BCUT2D eigenvalue weighted by Crippen LogP contribution is 2.20. The third-order valence-electron chi connectivity index (χ3n) is 6.24. The number of unbranched alkanes of at least 4 members (excludes halogenated alkanes) is 2. The number of methoxy groups -OCH3 is 1. The molecule has 6 nitrogen and oxygen atoms in total. The van der Waals surface area contributed by atoms with E-state index in [0.29, 0.717) is 13.0 Å². The van der Waals surface area contributed by atoms with Crippen LogP contribution in [0.5, 0.6) is 11.5 Å². The predicted molar refractivity (Wildman–Crippen MR) is 144 cm³/mol. The van der Waals surface area contributed by atoms with Gasteiger partial charge in [0, 0.05) is 25.5 Å². The molecule has 4 aromatic rings. The van der Waals surface area contributed by atoms with Crippen LogP contribution >= 0.6 is 0 Å². The number of hydrogen-bond donors (Lipinski definition) is 1. The Morgan fingerprint density at radius 3 is 2.56 bits per heavy atom. The van der Waals surface area contributed by atoms with Gasteiger partial charge in [-0.3, -0.25) is 4.79 Å². The second kappa shape index (κ2) is 13.3. The van der Waals surface area contributed by atoms with Gasteiger partial charge in [-0.15, -0.1) is 0 Å². The normalized spacial score (nSPS) is 10.9. The third kappa shape index (κ3) is 7.35. The summed E-state index contributed by atoms with van der Waals surface area (Å²) >= 11 is 0. The minimum atomic E-state index is 0.122. The molecule has 1 amide bonds. The lowest BCUT2D eigenvalue weighted by molar-refractivity contribution is -0.121. The zero-order valence-corrected chi connectivity index (χ0v) is 21.0. The van der Waals surface area contributed by atoms with Crippen LogP contribution in [0.4, 0.5) is 0 Å². The van der Waals surface area contributed by atoms with E-state index in [4.69, 9.17) is 14.5 Å². The molecule has 1 heterocycles. The summed E-state index contributed by atoms with van der Waals surface area (Å²) in [5.41, 5.74) is 3.34. The first kappa shape index (κ1) is 25.3. The number of nitrogens with zero attached hydrogens (tertiary/aromatic N) is 2. The van der Waals surface area contributed by atoms with Gasteiger partial charge in [0.05, 0.1) is 24.7 Å². The Morgan fingerprint density at radius 1 is 0.889 bits per heavy atom. The van der Waals surface area contributed by atoms with Gasteiger partial charge in [-0.1, -0.05) is 55.0 Å². The van der Waals surface area contributed by atoms with Crippen LogP contribution in [0, 0.1) is 0 Å². The van der Waals surface area contributed by atoms with Gasteiger partial charge in [-0.05, 0) is 49.1 Å². The number of fused-ring (bicyclic) bond motifs is 1. The van der Waals surface area contributed by atoms with Gasteiger partial charge in [-0.25, -0.2) is 4.98 Å². The number of ether oxygens (including phenoxy) is 2. The van der Waals surface area contributed by atoms with E-state index in [9.17, 15) is 4.79 Å². The molecule has 3 aromatic carbocycles. The van der Waals surface area contributed by atoms with Crippen molar-refractivity contribution < 1.29 is 14.3 Å². The topological polar surface area (TPSA) is 65.4 Å². The van der Waals surface area contributed by atoms with Gasteiger partial charge in [0.15, 0.2) is 0 Å². The Balaban J connectivity index is 1.21. The molecular weight excluding hydrogens is 450 g/mol. The SMILES string of the molecule is COc1cccc(OCCn2c(CCCCCNC(=O)CCc3ccccc3)nc3ccccc32)c1. The molecule has 0 aliphatic carbocycles. The fraction of sp³-hybridized carbons (Fsp3) is 0.333. The number of hydrogen-bond acceptors (Lipinski definition) is 4. The van der Waals surface area contributed by atoms with Crippen molar-refractivity contribution in [2.75, 3.05) is 20.3 Å². The lowest BCUT2D eigenvalue weighted by Gasteiger charge is -2.12. The zero-order chi connectivity index (χ0) is 25.0. The van der Waals surface area contributed by atoms with Crippen LogP contribution in [0.3, 0.4) is 0 Å². The van der Waals surface area contributed by atoms with Gasteiger partial charge in [0.1, 0.15) is 23.9 Å². The second-order valence-electron chi connectivity index (χ2n) is 8.84. The molecule has 188 valence electrons. The lowest BCUT2D eigenvalue weighted by Crippen LogP contribution is -2.24. The quantitative estimate of drug-likeness (QED) is 0.237. The van der Waals surface area contributed by atoms with Crippen molar-refractivity contribution >= 4 is 16.9 Å². The molecule has 1 aromatic heterocycles. The van der Waals surface area contributed by atoms with E-state index in [1.807, 2.05) is 54.6 Å². The second-order valence-corrected chi connectivity index (χ2v) is 8.84. The maximum Gasteiger partial charge on any atom is 0.220 e. The van der Waals surface area contributed by atoms with Crippen molar-refractivity contribution in [2.24, 2.45) is 0 Å². The van der Waals surface area contributed by atoms with Crippen molar-refractivity contribution in [3.05, 3.63) is 90.3 Å². The lowest BCUT2D eigenvalue weighted by atomic mass is 10.1. The molecule has 0 saturated heterocycles. The van der Waals surface area contributed by atoms with Crippen LogP contribution in [0.15, 0.2) is 78.9 Å². The Morgan fingerprint density at radius 2 is 1.69 bits per heavy atom. The number of aromatic nitrogens is 2. The smallest absolute Gasteiger partial charge is 0.220 e. The van der Waals surface area contributed by atoms with Gasteiger partial charge < -0.3 is 19.4 Å². The first-order valence-corrected chi connectivity index (χ1v) is 12.7. The number of benzene rings is 3. The summed E-state index contributed by atoms with van der Waals surface area (Å²) in [6.45, 7) is 2.00. The van der Waals surface area contributed by atoms with Crippen molar-refractivity contribution in [1.29, 1.82) is 0 Å². The van der Waals surface area contributed by atoms with E-state index in [0.717, 1.165) is 73.6 Å².